The molecule has 0 radical (unpaired) electrons. The largest absolute Gasteiger partial charge is 0.491 e. The molecule has 0 N–H and O–H groups in total. The Morgan fingerprint density at radius 3 is 2.68 bits per heavy atom. The highest BCUT2D eigenvalue weighted by molar-refractivity contribution is 6.32. The fourth-order valence-electron chi connectivity index (χ4n) is 1.95. The van der Waals surface area contributed by atoms with Gasteiger partial charge in [-0.15, -0.1) is 0 Å². The number of benzene rings is 1. The summed E-state index contributed by atoms with van der Waals surface area (Å²) in [6, 6.07) is 3.56. The smallest absolute Gasteiger partial charge is 0.246 e. The zero-order chi connectivity index (χ0) is 16.5. The van der Waals surface area contributed by atoms with Gasteiger partial charge in [0.05, 0.1) is 18.7 Å². The molecule has 5 heteroatoms. The van der Waals surface area contributed by atoms with Gasteiger partial charge >= 0.3 is 0 Å². The molecule has 0 unspecified atom stereocenters. The monoisotopic (exact) mass is 325 g/mol. The van der Waals surface area contributed by atoms with Crippen molar-refractivity contribution in [2.24, 2.45) is 0 Å². The van der Waals surface area contributed by atoms with Gasteiger partial charge in [-0.2, -0.15) is 0 Å². The number of amides is 1. The Labute approximate surface area is 137 Å². The molecule has 0 atom stereocenters. The first-order valence-corrected chi connectivity index (χ1v) is 7.84. The average Bonchev–Trinajstić information content (AvgIpc) is 2.50. The SMILES string of the molecule is CCCCN(C)C(=O)/C=C/c1cc(Cl)c(OC)c(OCC)c1. The predicted octanol–water partition coefficient (Wildman–Crippen LogP) is 4.02. The number of carbonyl (C=O) groups excluding carboxylic acids is 1. The van der Waals surface area contributed by atoms with Gasteiger partial charge in [0, 0.05) is 19.7 Å². The van der Waals surface area contributed by atoms with Crippen LogP contribution in [0.5, 0.6) is 11.5 Å². The van der Waals surface area contributed by atoms with Gasteiger partial charge in [-0.05, 0) is 37.1 Å². The Kier molecular flexibility index (Phi) is 7.82. The molecule has 0 bridgehead atoms. The van der Waals surface area contributed by atoms with Crippen LogP contribution in [0.15, 0.2) is 18.2 Å². The summed E-state index contributed by atoms with van der Waals surface area (Å²) in [4.78, 5) is 13.7. The summed E-state index contributed by atoms with van der Waals surface area (Å²) >= 11 is 6.18. The molecule has 1 amide bonds. The lowest BCUT2D eigenvalue weighted by atomic mass is 10.2. The van der Waals surface area contributed by atoms with Gasteiger partial charge in [0.1, 0.15) is 0 Å². The maximum atomic E-state index is 12.0. The first-order chi connectivity index (χ1) is 10.5. The number of ether oxygens (including phenoxy) is 2. The summed E-state index contributed by atoms with van der Waals surface area (Å²) in [5.74, 6) is 1.05. The molecule has 1 aromatic rings. The number of rotatable bonds is 8. The van der Waals surface area contributed by atoms with Gasteiger partial charge in [0.2, 0.25) is 5.91 Å². The fraction of sp³-hybridized carbons (Fsp3) is 0.471. The maximum Gasteiger partial charge on any atom is 0.246 e. The second-order valence-corrected chi connectivity index (χ2v) is 5.32. The summed E-state index contributed by atoms with van der Waals surface area (Å²) in [5.41, 5.74) is 0.798. The normalized spacial score (nSPS) is 10.8. The van der Waals surface area contributed by atoms with E-state index in [4.69, 9.17) is 21.1 Å². The first kappa shape index (κ1) is 18.4. The fourth-order valence-corrected chi connectivity index (χ4v) is 2.24. The molecular formula is C17H24ClNO3. The van der Waals surface area contributed by atoms with Crippen LogP contribution in [0.2, 0.25) is 5.02 Å². The van der Waals surface area contributed by atoms with Gasteiger partial charge in [-0.3, -0.25) is 4.79 Å². The van der Waals surface area contributed by atoms with Crippen molar-refractivity contribution in [3.63, 3.8) is 0 Å². The van der Waals surface area contributed by atoms with E-state index < -0.39 is 0 Å². The summed E-state index contributed by atoms with van der Waals surface area (Å²) in [7, 11) is 3.35. The van der Waals surface area contributed by atoms with E-state index in [1.165, 1.54) is 0 Å². The zero-order valence-corrected chi connectivity index (χ0v) is 14.4. The number of methoxy groups -OCH3 is 1. The highest BCUT2D eigenvalue weighted by Gasteiger charge is 2.11. The van der Waals surface area contributed by atoms with Crippen molar-refractivity contribution in [3.8, 4) is 11.5 Å². The average molecular weight is 326 g/mol. The minimum Gasteiger partial charge on any atom is -0.491 e. The van der Waals surface area contributed by atoms with Gasteiger partial charge in [-0.1, -0.05) is 24.9 Å². The van der Waals surface area contributed by atoms with E-state index in [9.17, 15) is 4.79 Å². The van der Waals surface area contributed by atoms with Crippen molar-refractivity contribution < 1.29 is 14.3 Å². The second-order valence-electron chi connectivity index (χ2n) is 4.91. The molecule has 0 heterocycles. The molecule has 0 aliphatic heterocycles. The molecule has 1 aromatic carbocycles. The minimum absolute atomic E-state index is 0.0293. The molecule has 0 aliphatic carbocycles. The number of unbranched alkanes of at least 4 members (excludes halogenated alkanes) is 1. The number of hydrogen-bond donors (Lipinski definition) is 0. The topological polar surface area (TPSA) is 38.8 Å². The van der Waals surface area contributed by atoms with Crippen LogP contribution in [0.4, 0.5) is 0 Å². The molecule has 1 rings (SSSR count). The number of hydrogen-bond acceptors (Lipinski definition) is 3. The van der Waals surface area contributed by atoms with Crippen LogP contribution in [-0.2, 0) is 4.79 Å². The second kappa shape index (κ2) is 9.36. The summed E-state index contributed by atoms with van der Waals surface area (Å²) in [5, 5.41) is 0.458. The quantitative estimate of drug-likeness (QED) is 0.678. The molecular weight excluding hydrogens is 302 g/mol. The third-order valence-electron chi connectivity index (χ3n) is 3.18. The number of halogens is 1. The lowest BCUT2D eigenvalue weighted by Crippen LogP contribution is -2.25. The first-order valence-electron chi connectivity index (χ1n) is 7.46. The zero-order valence-electron chi connectivity index (χ0n) is 13.7. The lowest BCUT2D eigenvalue weighted by molar-refractivity contribution is -0.124. The number of likely N-dealkylation sites (N-methyl/N-ethyl adjacent to an activating group) is 1. The lowest BCUT2D eigenvalue weighted by Gasteiger charge is -2.14. The molecule has 122 valence electrons. The minimum atomic E-state index is -0.0293. The van der Waals surface area contributed by atoms with E-state index in [0.29, 0.717) is 23.1 Å². The molecule has 0 spiro atoms. The van der Waals surface area contributed by atoms with Crippen LogP contribution in [0.1, 0.15) is 32.3 Å². The molecule has 0 aromatic heterocycles. The third-order valence-corrected chi connectivity index (χ3v) is 3.46. The number of nitrogens with zero attached hydrogens (tertiary/aromatic N) is 1. The maximum absolute atomic E-state index is 12.0. The van der Waals surface area contributed by atoms with E-state index in [1.807, 2.05) is 13.0 Å². The van der Waals surface area contributed by atoms with E-state index in [0.717, 1.165) is 24.9 Å². The summed E-state index contributed by atoms with van der Waals surface area (Å²) in [6.45, 7) is 5.26. The van der Waals surface area contributed by atoms with Crippen molar-refractivity contribution >= 4 is 23.6 Å². The van der Waals surface area contributed by atoms with Crippen LogP contribution >= 0.6 is 11.6 Å². The van der Waals surface area contributed by atoms with Gasteiger partial charge in [0.15, 0.2) is 11.5 Å². The van der Waals surface area contributed by atoms with E-state index in [-0.39, 0.29) is 5.91 Å². The molecule has 0 saturated heterocycles. The third kappa shape index (κ3) is 5.26. The number of carbonyl (C=O) groups is 1. The van der Waals surface area contributed by atoms with Gasteiger partial charge in [-0.25, -0.2) is 0 Å². The van der Waals surface area contributed by atoms with Gasteiger partial charge in [0.25, 0.3) is 0 Å². The Bertz CT molecular complexity index is 529. The molecule has 22 heavy (non-hydrogen) atoms. The van der Waals surface area contributed by atoms with E-state index >= 15 is 0 Å². The highest BCUT2D eigenvalue weighted by Crippen LogP contribution is 2.36. The van der Waals surface area contributed by atoms with Crippen molar-refractivity contribution in [2.75, 3.05) is 27.3 Å². The van der Waals surface area contributed by atoms with Gasteiger partial charge < -0.3 is 14.4 Å². The van der Waals surface area contributed by atoms with Crippen molar-refractivity contribution in [1.82, 2.24) is 4.90 Å². The molecule has 0 saturated carbocycles. The molecule has 4 nitrogen and oxygen atoms in total. The molecule has 0 aliphatic rings. The van der Waals surface area contributed by atoms with Crippen LogP contribution in [0.25, 0.3) is 6.08 Å². The molecule has 0 fully saturated rings. The van der Waals surface area contributed by atoms with Crippen LogP contribution in [0, 0.1) is 0 Å². The van der Waals surface area contributed by atoms with Crippen molar-refractivity contribution in [2.45, 2.75) is 26.7 Å². The standard InChI is InChI=1S/C17H24ClNO3/c1-5-7-10-19(3)16(20)9-8-13-11-14(18)17(21-4)15(12-13)22-6-2/h8-9,11-12H,5-7,10H2,1-4H3/b9-8+. The highest BCUT2D eigenvalue weighted by atomic mass is 35.5. The Morgan fingerprint density at radius 1 is 1.36 bits per heavy atom. The summed E-state index contributed by atoms with van der Waals surface area (Å²) < 4.78 is 10.8. The Balaban J connectivity index is 2.88. The van der Waals surface area contributed by atoms with Crippen LogP contribution < -0.4 is 9.47 Å². The Morgan fingerprint density at radius 2 is 2.09 bits per heavy atom. The van der Waals surface area contributed by atoms with Crippen LogP contribution in [0.3, 0.4) is 0 Å². The van der Waals surface area contributed by atoms with E-state index in [1.54, 1.807) is 37.3 Å². The van der Waals surface area contributed by atoms with Crippen molar-refractivity contribution in [1.29, 1.82) is 0 Å². The van der Waals surface area contributed by atoms with Crippen LogP contribution in [-0.4, -0.2) is 38.1 Å². The van der Waals surface area contributed by atoms with E-state index in [2.05, 4.69) is 6.92 Å². The van der Waals surface area contributed by atoms with Crippen molar-refractivity contribution in [3.05, 3.63) is 28.8 Å². The predicted molar refractivity (Wildman–Crippen MR) is 90.8 cm³/mol. The summed E-state index contributed by atoms with van der Waals surface area (Å²) in [6.07, 6.45) is 5.34. The Hall–Kier alpha value is -1.68.